The van der Waals surface area contributed by atoms with Crippen molar-refractivity contribution in [1.82, 2.24) is 9.97 Å². The Hall–Kier alpha value is -2.81. The van der Waals surface area contributed by atoms with E-state index in [1.54, 1.807) is 6.92 Å². The summed E-state index contributed by atoms with van der Waals surface area (Å²) in [5, 5.41) is 10.5. The summed E-state index contributed by atoms with van der Waals surface area (Å²) in [4.78, 5) is 17.6. The Bertz CT molecular complexity index is 665. The number of nitro groups is 1. The van der Waals surface area contributed by atoms with Crippen molar-refractivity contribution in [2.75, 3.05) is 5.43 Å². The van der Waals surface area contributed by atoms with Crippen LogP contribution in [0.1, 0.15) is 5.69 Å². The van der Waals surface area contributed by atoms with E-state index in [1.165, 1.54) is 6.07 Å². The maximum Gasteiger partial charge on any atom is 0.272 e. The fourth-order valence-corrected chi connectivity index (χ4v) is 1.46. The van der Waals surface area contributed by atoms with Crippen molar-refractivity contribution in [1.29, 1.82) is 0 Å². The van der Waals surface area contributed by atoms with E-state index in [9.17, 15) is 14.5 Å². The highest BCUT2D eigenvalue weighted by Gasteiger charge is 2.13. The first-order valence-electron chi connectivity index (χ1n) is 5.43. The van der Waals surface area contributed by atoms with E-state index >= 15 is 0 Å². The molecular formula is C11H10FN5O3. The number of nitrogens with one attached hydrogen (secondary N) is 1. The van der Waals surface area contributed by atoms with E-state index in [-0.39, 0.29) is 23.3 Å². The van der Waals surface area contributed by atoms with Gasteiger partial charge >= 0.3 is 0 Å². The van der Waals surface area contributed by atoms with Crippen LogP contribution in [0, 0.1) is 22.9 Å². The van der Waals surface area contributed by atoms with Gasteiger partial charge in [-0.2, -0.15) is 4.98 Å². The standard InChI is InChI=1S/C11H10FN5O3/c1-6-4-10(15-11(14-6)16-13)20-9-3-2-7(17(18)19)5-8(9)12/h2-5H,13H2,1H3,(H,14,15,16). The minimum absolute atomic E-state index is 0.0678. The van der Waals surface area contributed by atoms with Crippen LogP contribution < -0.4 is 16.0 Å². The summed E-state index contributed by atoms with van der Waals surface area (Å²) in [7, 11) is 0. The molecule has 2 aromatic rings. The van der Waals surface area contributed by atoms with E-state index in [2.05, 4.69) is 15.4 Å². The molecule has 0 aliphatic carbocycles. The molecule has 0 amide bonds. The van der Waals surface area contributed by atoms with Crippen molar-refractivity contribution in [3.8, 4) is 11.6 Å². The summed E-state index contributed by atoms with van der Waals surface area (Å²) >= 11 is 0. The Morgan fingerprint density at radius 1 is 1.40 bits per heavy atom. The molecule has 0 saturated heterocycles. The summed E-state index contributed by atoms with van der Waals surface area (Å²) in [5.74, 6) is 4.32. The molecule has 3 N–H and O–H groups in total. The molecule has 0 spiro atoms. The first-order valence-corrected chi connectivity index (χ1v) is 5.43. The lowest BCUT2D eigenvalue weighted by Crippen LogP contribution is -2.11. The van der Waals surface area contributed by atoms with Gasteiger partial charge in [0.15, 0.2) is 11.6 Å². The molecule has 8 nitrogen and oxygen atoms in total. The molecule has 0 aliphatic rings. The number of nitrogen functional groups attached to an aromatic ring is 1. The lowest BCUT2D eigenvalue weighted by atomic mass is 10.3. The maximum absolute atomic E-state index is 13.7. The van der Waals surface area contributed by atoms with Crippen LogP contribution in [-0.2, 0) is 0 Å². The Morgan fingerprint density at radius 2 is 2.15 bits per heavy atom. The van der Waals surface area contributed by atoms with Gasteiger partial charge in [0.2, 0.25) is 11.8 Å². The van der Waals surface area contributed by atoms with Gasteiger partial charge in [-0.25, -0.2) is 15.2 Å². The normalized spacial score (nSPS) is 10.2. The van der Waals surface area contributed by atoms with Crippen LogP contribution in [-0.4, -0.2) is 14.9 Å². The second-order valence-electron chi connectivity index (χ2n) is 3.79. The molecule has 0 unspecified atom stereocenters. The van der Waals surface area contributed by atoms with Gasteiger partial charge in [-0.1, -0.05) is 0 Å². The third-order valence-electron chi connectivity index (χ3n) is 2.30. The fraction of sp³-hybridized carbons (Fsp3) is 0.0909. The number of hydrazine groups is 1. The number of rotatable bonds is 4. The topological polar surface area (TPSA) is 116 Å². The fourth-order valence-electron chi connectivity index (χ4n) is 1.46. The van der Waals surface area contributed by atoms with Gasteiger partial charge in [-0.3, -0.25) is 15.5 Å². The van der Waals surface area contributed by atoms with Gasteiger partial charge in [0.25, 0.3) is 5.69 Å². The van der Waals surface area contributed by atoms with E-state index in [0.29, 0.717) is 5.69 Å². The van der Waals surface area contributed by atoms with Crippen molar-refractivity contribution in [2.45, 2.75) is 6.92 Å². The van der Waals surface area contributed by atoms with Crippen LogP contribution in [0.25, 0.3) is 0 Å². The van der Waals surface area contributed by atoms with Crippen LogP contribution in [0.15, 0.2) is 24.3 Å². The summed E-state index contributed by atoms with van der Waals surface area (Å²) in [6.07, 6.45) is 0. The predicted molar refractivity (Wildman–Crippen MR) is 67.7 cm³/mol. The molecule has 1 aromatic heterocycles. The van der Waals surface area contributed by atoms with Crippen molar-refractivity contribution in [3.63, 3.8) is 0 Å². The highest BCUT2D eigenvalue weighted by atomic mass is 19.1. The number of anilines is 1. The van der Waals surface area contributed by atoms with Crippen LogP contribution in [0.5, 0.6) is 11.6 Å². The minimum atomic E-state index is -0.863. The molecule has 1 heterocycles. The number of hydrogen-bond acceptors (Lipinski definition) is 7. The van der Waals surface area contributed by atoms with Crippen LogP contribution >= 0.6 is 0 Å². The number of nitrogens with zero attached hydrogens (tertiary/aromatic N) is 3. The van der Waals surface area contributed by atoms with Crippen molar-refractivity contribution >= 4 is 11.6 Å². The Morgan fingerprint density at radius 3 is 2.75 bits per heavy atom. The highest BCUT2D eigenvalue weighted by Crippen LogP contribution is 2.27. The number of non-ortho nitro benzene ring substituents is 1. The summed E-state index contributed by atoms with van der Waals surface area (Å²) in [6.45, 7) is 1.68. The summed E-state index contributed by atoms with van der Waals surface area (Å²) in [6, 6.07) is 4.53. The minimum Gasteiger partial charge on any atom is -0.436 e. The van der Waals surface area contributed by atoms with Crippen LogP contribution in [0.3, 0.4) is 0 Å². The Labute approximate surface area is 112 Å². The maximum atomic E-state index is 13.7. The molecule has 9 heteroatoms. The number of nitrogens with two attached hydrogens (primary N) is 1. The zero-order chi connectivity index (χ0) is 14.7. The van der Waals surface area contributed by atoms with Gasteiger partial charge in [0, 0.05) is 17.8 Å². The monoisotopic (exact) mass is 279 g/mol. The molecule has 0 fully saturated rings. The van der Waals surface area contributed by atoms with Gasteiger partial charge in [0.1, 0.15) is 0 Å². The molecular weight excluding hydrogens is 269 g/mol. The smallest absolute Gasteiger partial charge is 0.272 e. The Kier molecular flexibility index (Phi) is 3.71. The highest BCUT2D eigenvalue weighted by molar-refractivity contribution is 5.40. The van der Waals surface area contributed by atoms with Gasteiger partial charge in [0.05, 0.1) is 11.0 Å². The number of aromatic nitrogens is 2. The average Bonchev–Trinajstić information content (AvgIpc) is 2.40. The first kappa shape index (κ1) is 13.6. The number of hydrogen-bond donors (Lipinski definition) is 2. The molecule has 0 radical (unpaired) electrons. The van der Waals surface area contributed by atoms with E-state index in [1.807, 2.05) is 0 Å². The van der Waals surface area contributed by atoms with Gasteiger partial charge in [-0.05, 0) is 13.0 Å². The summed E-state index contributed by atoms with van der Waals surface area (Å²) in [5.41, 5.74) is 2.44. The SMILES string of the molecule is Cc1cc(Oc2ccc([N+](=O)[O-])cc2F)nc(NN)n1. The van der Waals surface area contributed by atoms with Gasteiger partial charge in [-0.15, -0.1) is 0 Å². The Balaban J connectivity index is 2.30. The van der Waals surface area contributed by atoms with E-state index in [4.69, 9.17) is 10.6 Å². The molecule has 104 valence electrons. The lowest BCUT2D eigenvalue weighted by molar-refractivity contribution is -0.385. The molecule has 2 rings (SSSR count). The molecule has 0 atom stereocenters. The van der Waals surface area contributed by atoms with E-state index in [0.717, 1.165) is 18.2 Å². The number of halogens is 1. The predicted octanol–water partition coefficient (Wildman–Crippen LogP) is 1.91. The third-order valence-corrected chi connectivity index (χ3v) is 2.30. The largest absolute Gasteiger partial charge is 0.436 e. The molecule has 1 aromatic carbocycles. The lowest BCUT2D eigenvalue weighted by Gasteiger charge is -2.07. The van der Waals surface area contributed by atoms with Crippen LogP contribution in [0.2, 0.25) is 0 Å². The second kappa shape index (κ2) is 5.45. The summed E-state index contributed by atoms with van der Waals surface area (Å²) < 4.78 is 18.9. The molecule has 0 saturated carbocycles. The second-order valence-corrected chi connectivity index (χ2v) is 3.79. The third kappa shape index (κ3) is 2.95. The average molecular weight is 279 g/mol. The number of aryl methyl sites for hydroxylation is 1. The molecule has 20 heavy (non-hydrogen) atoms. The molecule has 0 bridgehead atoms. The zero-order valence-corrected chi connectivity index (χ0v) is 10.3. The number of benzene rings is 1. The quantitative estimate of drug-likeness (QED) is 0.498. The first-order chi connectivity index (χ1) is 9.49. The van der Waals surface area contributed by atoms with E-state index < -0.39 is 10.7 Å². The van der Waals surface area contributed by atoms with Crippen LogP contribution in [0.4, 0.5) is 16.0 Å². The van der Waals surface area contributed by atoms with Crippen molar-refractivity contribution in [3.05, 3.63) is 45.9 Å². The van der Waals surface area contributed by atoms with Gasteiger partial charge < -0.3 is 4.74 Å². The number of ether oxygens (including phenoxy) is 1. The number of nitro benzene ring substituents is 1. The van der Waals surface area contributed by atoms with Crippen molar-refractivity contribution < 1.29 is 14.1 Å². The zero-order valence-electron chi connectivity index (χ0n) is 10.3. The molecule has 0 aliphatic heterocycles. The van der Waals surface area contributed by atoms with Crippen molar-refractivity contribution in [2.24, 2.45) is 5.84 Å².